The van der Waals surface area contributed by atoms with Crippen molar-refractivity contribution >= 4 is 16.8 Å². The molecule has 1 aromatic heterocycles. The number of aromatic nitrogens is 1. The molecule has 1 amide bonds. The minimum absolute atomic E-state index is 0.0843. The Labute approximate surface area is 99.6 Å². The van der Waals surface area contributed by atoms with Crippen LogP contribution in [0, 0.1) is 0 Å². The van der Waals surface area contributed by atoms with Gasteiger partial charge in [-0.15, -0.1) is 0 Å². The third kappa shape index (κ3) is 3.01. The van der Waals surface area contributed by atoms with Crippen LogP contribution in [0.3, 0.4) is 0 Å². The Hall–Kier alpha value is -1.94. The van der Waals surface area contributed by atoms with Crippen molar-refractivity contribution in [2.24, 2.45) is 0 Å². The van der Waals surface area contributed by atoms with Crippen LogP contribution in [-0.4, -0.2) is 24.6 Å². The van der Waals surface area contributed by atoms with E-state index in [1.54, 1.807) is 6.20 Å². The predicted molar refractivity (Wildman–Crippen MR) is 65.5 cm³/mol. The lowest BCUT2D eigenvalue weighted by Crippen LogP contribution is -2.26. The van der Waals surface area contributed by atoms with Gasteiger partial charge in [0.25, 0.3) is 0 Å². The second-order valence-corrected chi connectivity index (χ2v) is 3.75. The standard InChI is InChI=1S/C13H14N2O2/c1-17-9-13(16)15-8-10-6-11-4-2-3-5-12(11)14-7-10/h2-7H,8-9H2,1H3,(H,15,16). The van der Waals surface area contributed by atoms with Gasteiger partial charge in [-0.1, -0.05) is 18.2 Å². The minimum atomic E-state index is -0.124. The van der Waals surface area contributed by atoms with Gasteiger partial charge in [-0.25, -0.2) is 0 Å². The van der Waals surface area contributed by atoms with Crippen LogP contribution in [0.5, 0.6) is 0 Å². The number of hydrogen-bond donors (Lipinski definition) is 1. The van der Waals surface area contributed by atoms with E-state index in [0.29, 0.717) is 6.54 Å². The molecule has 0 saturated carbocycles. The molecule has 0 aliphatic heterocycles. The lowest BCUT2D eigenvalue weighted by molar-refractivity contribution is -0.124. The molecule has 0 aliphatic carbocycles. The van der Waals surface area contributed by atoms with Gasteiger partial charge in [0.1, 0.15) is 6.61 Å². The van der Waals surface area contributed by atoms with E-state index >= 15 is 0 Å². The van der Waals surface area contributed by atoms with Crippen LogP contribution in [0.2, 0.25) is 0 Å². The van der Waals surface area contributed by atoms with Crippen molar-refractivity contribution in [3.63, 3.8) is 0 Å². The van der Waals surface area contributed by atoms with Crippen LogP contribution in [0.1, 0.15) is 5.56 Å². The van der Waals surface area contributed by atoms with Crippen molar-refractivity contribution in [1.82, 2.24) is 10.3 Å². The summed E-state index contributed by atoms with van der Waals surface area (Å²) < 4.78 is 4.73. The van der Waals surface area contributed by atoms with Gasteiger partial charge in [0, 0.05) is 25.2 Å². The van der Waals surface area contributed by atoms with E-state index in [9.17, 15) is 4.79 Å². The Bertz CT molecular complexity index is 526. The number of amides is 1. The molecular formula is C13H14N2O2. The number of carbonyl (C=O) groups excluding carboxylic acids is 1. The quantitative estimate of drug-likeness (QED) is 0.866. The fraction of sp³-hybridized carbons (Fsp3) is 0.231. The number of ether oxygens (including phenoxy) is 1. The van der Waals surface area contributed by atoms with Gasteiger partial charge in [0.05, 0.1) is 5.52 Å². The van der Waals surface area contributed by atoms with Crippen molar-refractivity contribution < 1.29 is 9.53 Å². The maximum atomic E-state index is 11.2. The third-order valence-corrected chi connectivity index (χ3v) is 2.41. The second kappa shape index (κ2) is 5.41. The zero-order valence-electron chi connectivity index (χ0n) is 9.64. The number of methoxy groups -OCH3 is 1. The summed E-state index contributed by atoms with van der Waals surface area (Å²) in [5.74, 6) is -0.124. The first-order valence-electron chi connectivity index (χ1n) is 5.39. The smallest absolute Gasteiger partial charge is 0.246 e. The Morgan fingerprint density at radius 1 is 1.41 bits per heavy atom. The average Bonchev–Trinajstić information content (AvgIpc) is 2.36. The molecule has 0 unspecified atom stereocenters. The van der Waals surface area contributed by atoms with Crippen molar-refractivity contribution in [2.45, 2.75) is 6.54 Å². The SMILES string of the molecule is COCC(=O)NCc1cnc2ccccc2c1. The van der Waals surface area contributed by atoms with Crippen molar-refractivity contribution in [3.05, 3.63) is 42.1 Å². The van der Waals surface area contributed by atoms with E-state index in [1.807, 2.05) is 30.3 Å². The van der Waals surface area contributed by atoms with Gasteiger partial charge >= 0.3 is 0 Å². The summed E-state index contributed by atoms with van der Waals surface area (Å²) in [6.07, 6.45) is 1.77. The zero-order valence-corrected chi connectivity index (χ0v) is 9.64. The number of nitrogens with one attached hydrogen (secondary N) is 1. The first-order valence-corrected chi connectivity index (χ1v) is 5.39. The normalized spacial score (nSPS) is 10.4. The summed E-state index contributed by atoms with van der Waals surface area (Å²) in [6, 6.07) is 9.91. The Balaban J connectivity index is 2.06. The number of nitrogens with zero attached hydrogens (tertiary/aromatic N) is 1. The third-order valence-electron chi connectivity index (χ3n) is 2.41. The summed E-state index contributed by atoms with van der Waals surface area (Å²) in [6.45, 7) is 0.557. The van der Waals surface area contributed by atoms with Gasteiger partial charge in [-0.2, -0.15) is 0 Å². The monoisotopic (exact) mass is 230 g/mol. The molecule has 2 aromatic rings. The fourth-order valence-corrected chi connectivity index (χ4v) is 1.60. The van der Waals surface area contributed by atoms with Gasteiger partial charge in [0.2, 0.25) is 5.91 Å². The lowest BCUT2D eigenvalue weighted by atomic mass is 10.1. The maximum Gasteiger partial charge on any atom is 0.246 e. The molecule has 0 spiro atoms. The van der Waals surface area contributed by atoms with E-state index in [2.05, 4.69) is 10.3 Å². The molecule has 2 rings (SSSR count). The first-order chi connectivity index (χ1) is 8.29. The van der Waals surface area contributed by atoms with Crippen molar-refractivity contribution in [2.75, 3.05) is 13.7 Å². The molecule has 0 fully saturated rings. The molecule has 88 valence electrons. The zero-order chi connectivity index (χ0) is 12.1. The van der Waals surface area contributed by atoms with Crippen LogP contribution in [-0.2, 0) is 16.1 Å². The average molecular weight is 230 g/mol. The van der Waals surface area contributed by atoms with Crippen molar-refractivity contribution in [3.8, 4) is 0 Å². The molecule has 4 nitrogen and oxygen atoms in total. The lowest BCUT2D eigenvalue weighted by Gasteiger charge is -2.05. The highest BCUT2D eigenvalue weighted by Crippen LogP contribution is 2.12. The summed E-state index contributed by atoms with van der Waals surface area (Å²) in [4.78, 5) is 15.5. The molecule has 17 heavy (non-hydrogen) atoms. The molecule has 1 N–H and O–H groups in total. The molecule has 4 heteroatoms. The van der Waals surface area contributed by atoms with E-state index in [-0.39, 0.29) is 12.5 Å². The van der Waals surface area contributed by atoms with Crippen LogP contribution in [0.25, 0.3) is 10.9 Å². The summed E-state index contributed by atoms with van der Waals surface area (Å²) in [5.41, 5.74) is 1.94. The van der Waals surface area contributed by atoms with Crippen molar-refractivity contribution in [1.29, 1.82) is 0 Å². The minimum Gasteiger partial charge on any atom is -0.375 e. The molecule has 1 aromatic carbocycles. The van der Waals surface area contributed by atoms with E-state index in [0.717, 1.165) is 16.5 Å². The Kier molecular flexibility index (Phi) is 3.67. The van der Waals surface area contributed by atoms with E-state index in [1.165, 1.54) is 7.11 Å². The number of pyridine rings is 1. The predicted octanol–water partition coefficient (Wildman–Crippen LogP) is 1.50. The van der Waals surface area contributed by atoms with E-state index < -0.39 is 0 Å². The highest BCUT2D eigenvalue weighted by atomic mass is 16.5. The molecule has 0 radical (unpaired) electrons. The number of fused-ring (bicyclic) bond motifs is 1. The summed E-state index contributed by atoms with van der Waals surface area (Å²) >= 11 is 0. The molecule has 0 aliphatic rings. The topological polar surface area (TPSA) is 51.2 Å². The highest BCUT2D eigenvalue weighted by molar-refractivity contribution is 5.79. The number of carbonyl (C=O) groups is 1. The molecular weight excluding hydrogens is 216 g/mol. The van der Waals surface area contributed by atoms with Crippen LogP contribution in [0.15, 0.2) is 36.5 Å². The highest BCUT2D eigenvalue weighted by Gasteiger charge is 2.01. The second-order valence-electron chi connectivity index (χ2n) is 3.75. The van der Waals surface area contributed by atoms with Gasteiger partial charge in [-0.05, 0) is 17.7 Å². The van der Waals surface area contributed by atoms with Crippen LogP contribution >= 0.6 is 0 Å². The molecule has 0 bridgehead atoms. The van der Waals surface area contributed by atoms with Gasteiger partial charge in [-0.3, -0.25) is 9.78 Å². The number of hydrogen-bond acceptors (Lipinski definition) is 3. The van der Waals surface area contributed by atoms with Crippen LogP contribution in [0.4, 0.5) is 0 Å². The largest absolute Gasteiger partial charge is 0.375 e. The van der Waals surface area contributed by atoms with E-state index in [4.69, 9.17) is 4.74 Å². The molecule has 1 heterocycles. The Morgan fingerprint density at radius 2 is 2.24 bits per heavy atom. The number of benzene rings is 1. The summed E-state index contributed by atoms with van der Waals surface area (Å²) in [5, 5.41) is 3.84. The van der Waals surface area contributed by atoms with Gasteiger partial charge < -0.3 is 10.1 Å². The number of para-hydroxylation sites is 1. The maximum absolute atomic E-state index is 11.2. The van der Waals surface area contributed by atoms with Crippen LogP contribution < -0.4 is 5.32 Å². The fourth-order valence-electron chi connectivity index (χ4n) is 1.60. The number of rotatable bonds is 4. The first kappa shape index (κ1) is 11.5. The molecule has 0 saturated heterocycles. The molecule has 0 atom stereocenters. The Morgan fingerprint density at radius 3 is 3.06 bits per heavy atom. The van der Waals surface area contributed by atoms with Gasteiger partial charge in [0.15, 0.2) is 0 Å². The summed E-state index contributed by atoms with van der Waals surface area (Å²) in [7, 11) is 1.50.